The van der Waals surface area contributed by atoms with Gasteiger partial charge in [-0.15, -0.1) is 10.2 Å². The highest BCUT2D eigenvalue weighted by atomic mass is 16.2. The van der Waals surface area contributed by atoms with Crippen LogP contribution >= 0.6 is 0 Å². The van der Waals surface area contributed by atoms with Gasteiger partial charge in [0, 0.05) is 36.6 Å². The Bertz CT molecular complexity index is 910. The number of amides is 1. The Balaban J connectivity index is 1.47. The van der Waals surface area contributed by atoms with E-state index in [0.29, 0.717) is 6.54 Å². The van der Waals surface area contributed by atoms with Crippen molar-refractivity contribution in [2.75, 3.05) is 0 Å². The topological polar surface area (TPSA) is 64.7 Å². The van der Waals surface area contributed by atoms with Gasteiger partial charge >= 0.3 is 0 Å². The number of carbonyl (C=O) groups excluding carboxylic acids is 1. The van der Waals surface area contributed by atoms with Crippen molar-refractivity contribution in [2.24, 2.45) is 0 Å². The molecule has 3 heterocycles. The predicted octanol–water partition coefficient (Wildman–Crippen LogP) is 2.23. The Kier molecular flexibility index (Phi) is 4.03. The minimum atomic E-state index is 0.0593. The van der Waals surface area contributed by atoms with Crippen molar-refractivity contribution in [1.82, 2.24) is 24.6 Å². The van der Waals surface area contributed by atoms with Crippen molar-refractivity contribution in [1.29, 1.82) is 0 Å². The maximum absolute atomic E-state index is 12.6. The number of aromatic nitrogens is 4. The molecule has 25 heavy (non-hydrogen) atoms. The van der Waals surface area contributed by atoms with Gasteiger partial charge in [0.25, 0.3) is 0 Å². The van der Waals surface area contributed by atoms with Crippen molar-refractivity contribution in [3.05, 3.63) is 47.7 Å². The van der Waals surface area contributed by atoms with Gasteiger partial charge in [0.05, 0.1) is 0 Å². The van der Waals surface area contributed by atoms with E-state index in [1.54, 1.807) is 0 Å². The van der Waals surface area contributed by atoms with E-state index >= 15 is 0 Å². The summed E-state index contributed by atoms with van der Waals surface area (Å²) in [6.07, 6.45) is 2.64. The number of carbonyl (C=O) groups is 1. The number of nitrogens with zero attached hydrogens (tertiary/aromatic N) is 4. The lowest BCUT2D eigenvalue weighted by atomic mass is 10.1. The highest BCUT2D eigenvalue weighted by Crippen LogP contribution is 2.19. The maximum Gasteiger partial charge on any atom is 0.240 e. The maximum atomic E-state index is 12.6. The quantitative estimate of drug-likeness (QED) is 0.794. The summed E-state index contributed by atoms with van der Waals surface area (Å²) in [6.45, 7) is 5.25. The van der Waals surface area contributed by atoms with Crippen molar-refractivity contribution >= 4 is 16.8 Å². The molecule has 0 saturated heterocycles. The average molecular weight is 337 g/mol. The average Bonchev–Trinajstić information content (AvgIpc) is 3.15. The number of nitrogens with one attached hydrogen (secondary N) is 1. The van der Waals surface area contributed by atoms with Gasteiger partial charge in [0.15, 0.2) is 0 Å². The fourth-order valence-electron chi connectivity index (χ4n) is 3.74. The second kappa shape index (κ2) is 6.35. The van der Waals surface area contributed by atoms with E-state index in [1.165, 1.54) is 5.39 Å². The van der Waals surface area contributed by atoms with Gasteiger partial charge in [-0.2, -0.15) is 0 Å². The van der Waals surface area contributed by atoms with Gasteiger partial charge < -0.3 is 14.5 Å². The molecule has 1 atom stereocenters. The molecule has 1 unspecified atom stereocenters. The van der Waals surface area contributed by atoms with Crippen LogP contribution in [-0.2, 0) is 30.7 Å². The van der Waals surface area contributed by atoms with Gasteiger partial charge in [0.1, 0.15) is 18.2 Å². The summed E-state index contributed by atoms with van der Waals surface area (Å²) in [7, 11) is 0. The van der Waals surface area contributed by atoms with Crippen molar-refractivity contribution in [3.63, 3.8) is 0 Å². The molecule has 0 radical (unpaired) electrons. The van der Waals surface area contributed by atoms with Crippen LogP contribution < -0.4 is 5.32 Å². The lowest BCUT2D eigenvalue weighted by molar-refractivity contribution is -0.122. The third-order valence-corrected chi connectivity index (χ3v) is 5.02. The third kappa shape index (κ3) is 2.92. The Morgan fingerprint density at radius 3 is 3.00 bits per heavy atom. The third-order valence-electron chi connectivity index (χ3n) is 5.02. The summed E-state index contributed by atoms with van der Waals surface area (Å²) < 4.78 is 4.24. The monoisotopic (exact) mass is 337 g/mol. The van der Waals surface area contributed by atoms with Crippen molar-refractivity contribution < 1.29 is 4.79 Å². The molecule has 1 aliphatic rings. The van der Waals surface area contributed by atoms with Gasteiger partial charge in [-0.3, -0.25) is 4.79 Å². The minimum Gasteiger partial charge on any atom is -0.350 e. The first kappa shape index (κ1) is 15.9. The Labute approximate surface area is 146 Å². The number of hydrogen-bond donors (Lipinski definition) is 1. The molecule has 130 valence electrons. The van der Waals surface area contributed by atoms with Crippen molar-refractivity contribution in [2.45, 2.75) is 52.2 Å². The van der Waals surface area contributed by atoms with E-state index < -0.39 is 0 Å². The number of benzene rings is 1. The smallest absolute Gasteiger partial charge is 0.240 e. The molecule has 1 aromatic carbocycles. The van der Waals surface area contributed by atoms with E-state index in [-0.39, 0.29) is 11.9 Å². The molecule has 6 nitrogen and oxygen atoms in total. The number of rotatable bonds is 4. The number of aryl methyl sites for hydroxylation is 3. The zero-order valence-corrected chi connectivity index (χ0v) is 14.7. The fourth-order valence-corrected chi connectivity index (χ4v) is 3.74. The molecule has 4 rings (SSSR count). The van der Waals surface area contributed by atoms with Gasteiger partial charge in [0.2, 0.25) is 5.91 Å². The fraction of sp³-hybridized carbons (Fsp3) is 0.421. The Hall–Kier alpha value is -2.63. The molecular weight excluding hydrogens is 314 g/mol. The van der Waals surface area contributed by atoms with E-state index in [2.05, 4.69) is 49.8 Å². The molecule has 0 aliphatic carbocycles. The zero-order chi connectivity index (χ0) is 17.4. The first-order valence-corrected chi connectivity index (χ1v) is 8.91. The molecule has 6 heteroatoms. The molecule has 2 aromatic heterocycles. The number of hydrogen-bond acceptors (Lipinski definition) is 3. The molecule has 0 bridgehead atoms. The second-order valence-corrected chi connectivity index (χ2v) is 6.73. The van der Waals surface area contributed by atoms with Crippen LogP contribution in [0.15, 0.2) is 30.3 Å². The van der Waals surface area contributed by atoms with E-state index in [4.69, 9.17) is 0 Å². The lowest BCUT2D eigenvalue weighted by Gasteiger charge is -2.25. The van der Waals surface area contributed by atoms with Crippen molar-refractivity contribution in [3.8, 4) is 0 Å². The minimum absolute atomic E-state index is 0.0593. The standard InChI is InChI=1S/C19H23N5O/c1-3-17-21-22-18-9-8-15(11-24(17)18)20-19(25)12-23-13(2)10-14-6-4-5-7-16(14)23/h4-7,10,15H,3,8-9,11-12H2,1-2H3,(H,20,25). The van der Waals surface area contributed by atoms with Crippen LogP contribution in [0.3, 0.4) is 0 Å². The number of para-hydroxylation sites is 1. The molecule has 1 amide bonds. The molecule has 1 aliphatic heterocycles. The molecule has 0 fully saturated rings. The summed E-state index contributed by atoms with van der Waals surface area (Å²) in [5.41, 5.74) is 2.21. The number of fused-ring (bicyclic) bond motifs is 2. The summed E-state index contributed by atoms with van der Waals surface area (Å²) in [6, 6.07) is 10.4. The highest BCUT2D eigenvalue weighted by molar-refractivity contribution is 5.84. The molecule has 0 saturated carbocycles. The molecule has 0 spiro atoms. The first-order valence-electron chi connectivity index (χ1n) is 8.91. The zero-order valence-electron chi connectivity index (χ0n) is 14.7. The SMILES string of the molecule is CCc1nnc2n1CC(NC(=O)Cn1c(C)cc3ccccc31)CC2. The summed E-state index contributed by atoms with van der Waals surface area (Å²) in [4.78, 5) is 12.6. The van der Waals surface area contributed by atoms with Crippen LogP contribution in [0.2, 0.25) is 0 Å². The van der Waals surface area contributed by atoms with E-state index in [9.17, 15) is 4.79 Å². The first-order chi connectivity index (χ1) is 12.2. The largest absolute Gasteiger partial charge is 0.350 e. The van der Waals surface area contributed by atoms with E-state index in [1.807, 2.05) is 19.1 Å². The van der Waals surface area contributed by atoms with Crippen LogP contribution in [0.1, 0.15) is 30.7 Å². The summed E-state index contributed by atoms with van der Waals surface area (Å²) in [5, 5.41) is 12.8. The van der Waals surface area contributed by atoms with Gasteiger partial charge in [-0.05, 0) is 30.9 Å². The van der Waals surface area contributed by atoms with Crippen LogP contribution in [0.5, 0.6) is 0 Å². The Morgan fingerprint density at radius 2 is 2.16 bits per heavy atom. The summed E-state index contributed by atoms with van der Waals surface area (Å²) in [5.74, 6) is 2.10. The van der Waals surface area contributed by atoms with E-state index in [0.717, 1.165) is 48.7 Å². The van der Waals surface area contributed by atoms with Crippen LogP contribution in [0.25, 0.3) is 10.9 Å². The lowest BCUT2D eigenvalue weighted by Crippen LogP contribution is -2.42. The molecule has 3 aromatic rings. The Morgan fingerprint density at radius 1 is 1.32 bits per heavy atom. The van der Waals surface area contributed by atoms with Crippen LogP contribution in [0.4, 0.5) is 0 Å². The molecule has 1 N–H and O–H groups in total. The predicted molar refractivity (Wildman–Crippen MR) is 96.3 cm³/mol. The highest BCUT2D eigenvalue weighted by Gasteiger charge is 2.23. The van der Waals surface area contributed by atoms with Gasteiger partial charge in [-0.1, -0.05) is 25.1 Å². The molecular formula is C19H23N5O. The van der Waals surface area contributed by atoms with Gasteiger partial charge in [-0.25, -0.2) is 0 Å². The second-order valence-electron chi connectivity index (χ2n) is 6.73. The normalized spacial score (nSPS) is 16.8. The van der Waals surface area contributed by atoms with Crippen LogP contribution in [0, 0.1) is 6.92 Å². The summed E-state index contributed by atoms with van der Waals surface area (Å²) >= 11 is 0. The van der Waals surface area contributed by atoms with Crippen LogP contribution in [-0.4, -0.2) is 31.3 Å².